The average molecular weight is 866 g/mol. The predicted octanol–water partition coefficient (Wildman–Crippen LogP) is 20.8. The highest BCUT2D eigenvalue weighted by Gasteiger charge is 2.39. The highest BCUT2D eigenvalue weighted by molar-refractivity contribution is 6.60. The lowest BCUT2D eigenvalue weighted by atomic mass is 10.0. The van der Waals surface area contributed by atoms with Gasteiger partial charge in [0.05, 0.1) is 0 Å². The molecule has 0 aliphatic rings. The maximum Gasteiger partial charge on any atom is 0.500 e. The average Bonchev–Trinajstić information content (AvgIpc) is 3.26. The normalized spacial score (nSPS) is 12.0. The molecule has 0 aliphatic heterocycles. The maximum atomic E-state index is 6.65. The maximum absolute atomic E-state index is 6.65. The van der Waals surface area contributed by atoms with Gasteiger partial charge < -0.3 is 13.3 Å². The van der Waals surface area contributed by atoms with Crippen molar-refractivity contribution in [1.29, 1.82) is 0 Å². The van der Waals surface area contributed by atoms with Gasteiger partial charge in [-0.15, -0.1) is 0 Å². The molecule has 362 valence electrons. The Bertz CT molecular complexity index is 653. The van der Waals surface area contributed by atoms with E-state index in [1.54, 1.807) is 0 Å². The zero-order valence-electron chi connectivity index (χ0n) is 42.5. The Labute approximate surface area is 382 Å². The molecule has 0 aliphatic carbocycles. The SMILES string of the molecule is CCCCCCCCCCCCCCCCCCO[Si](CC)(OCCCCCCCCCCCCCCCCCC)OCCCCCCCCCCCCCCCCCC. The van der Waals surface area contributed by atoms with Crippen molar-refractivity contribution in [2.24, 2.45) is 0 Å². The van der Waals surface area contributed by atoms with Crippen molar-refractivity contribution in [1.82, 2.24) is 0 Å². The fourth-order valence-electron chi connectivity index (χ4n) is 9.06. The molecule has 0 atom stereocenters. The van der Waals surface area contributed by atoms with Crippen molar-refractivity contribution in [2.75, 3.05) is 19.8 Å². The third-order valence-electron chi connectivity index (χ3n) is 13.4. The van der Waals surface area contributed by atoms with Crippen molar-refractivity contribution in [3.05, 3.63) is 0 Å². The molecular formula is C56H116O3Si. The van der Waals surface area contributed by atoms with E-state index in [0.29, 0.717) is 0 Å². The van der Waals surface area contributed by atoms with E-state index in [9.17, 15) is 0 Å². The second kappa shape index (κ2) is 53.4. The Kier molecular flexibility index (Phi) is 53.5. The van der Waals surface area contributed by atoms with Crippen LogP contribution in [0.4, 0.5) is 0 Å². The zero-order chi connectivity index (χ0) is 43.4. The summed E-state index contributed by atoms with van der Waals surface area (Å²) < 4.78 is 20.0. The molecule has 60 heavy (non-hydrogen) atoms. The van der Waals surface area contributed by atoms with Gasteiger partial charge in [0, 0.05) is 25.9 Å². The van der Waals surface area contributed by atoms with Gasteiger partial charge >= 0.3 is 8.80 Å². The smallest absolute Gasteiger partial charge is 0.373 e. The molecule has 0 heterocycles. The van der Waals surface area contributed by atoms with Crippen LogP contribution < -0.4 is 0 Å². The van der Waals surface area contributed by atoms with Crippen LogP contribution in [-0.4, -0.2) is 28.6 Å². The molecule has 0 aromatic carbocycles. The van der Waals surface area contributed by atoms with Crippen molar-refractivity contribution in [2.45, 2.75) is 342 Å². The summed E-state index contributed by atoms with van der Waals surface area (Å²) in [4.78, 5) is 0. The third kappa shape index (κ3) is 47.6. The van der Waals surface area contributed by atoms with Crippen LogP contribution in [0, 0.1) is 0 Å². The minimum Gasteiger partial charge on any atom is -0.373 e. The molecule has 0 bridgehead atoms. The molecule has 3 nitrogen and oxygen atoms in total. The van der Waals surface area contributed by atoms with E-state index < -0.39 is 8.80 Å². The quantitative estimate of drug-likeness (QED) is 0.0450. The first-order valence-electron chi connectivity index (χ1n) is 28.7. The van der Waals surface area contributed by atoms with Crippen LogP contribution in [0.25, 0.3) is 0 Å². The highest BCUT2D eigenvalue weighted by Crippen LogP contribution is 2.21. The van der Waals surface area contributed by atoms with Crippen LogP contribution in [0.15, 0.2) is 0 Å². The van der Waals surface area contributed by atoms with Gasteiger partial charge in [0.15, 0.2) is 0 Å². The summed E-state index contributed by atoms with van der Waals surface area (Å²) in [6.45, 7) is 11.6. The molecule has 0 aromatic heterocycles. The van der Waals surface area contributed by atoms with Gasteiger partial charge in [0.25, 0.3) is 0 Å². The lowest BCUT2D eigenvalue weighted by molar-refractivity contribution is 0.0563. The molecule has 4 heteroatoms. The van der Waals surface area contributed by atoms with Crippen molar-refractivity contribution in [3.63, 3.8) is 0 Å². The molecule has 0 amide bonds. The molecule has 0 aromatic rings. The Morgan fingerprint density at radius 1 is 0.183 bits per heavy atom. The van der Waals surface area contributed by atoms with E-state index in [1.165, 1.54) is 289 Å². The first kappa shape index (κ1) is 60.1. The third-order valence-corrected chi connectivity index (χ3v) is 16.2. The van der Waals surface area contributed by atoms with Crippen molar-refractivity contribution >= 4 is 8.80 Å². The summed E-state index contributed by atoms with van der Waals surface area (Å²) in [5, 5.41) is 0. The van der Waals surface area contributed by atoms with E-state index in [-0.39, 0.29) is 0 Å². The Morgan fingerprint density at radius 3 is 0.450 bits per heavy atom. The van der Waals surface area contributed by atoms with E-state index in [2.05, 4.69) is 27.7 Å². The monoisotopic (exact) mass is 865 g/mol. The van der Waals surface area contributed by atoms with Crippen LogP contribution in [0.5, 0.6) is 0 Å². The van der Waals surface area contributed by atoms with Gasteiger partial charge in [-0.2, -0.15) is 0 Å². The molecule has 0 radical (unpaired) electrons. The van der Waals surface area contributed by atoms with Gasteiger partial charge in [0.1, 0.15) is 0 Å². The van der Waals surface area contributed by atoms with Crippen LogP contribution in [0.1, 0.15) is 336 Å². The lowest BCUT2D eigenvalue weighted by Gasteiger charge is -2.29. The fourth-order valence-corrected chi connectivity index (χ4v) is 11.3. The molecule has 0 saturated carbocycles. The van der Waals surface area contributed by atoms with Gasteiger partial charge in [-0.25, -0.2) is 0 Å². The Hall–Kier alpha value is 0.0969. The Balaban J connectivity index is 4.19. The molecule has 0 fully saturated rings. The van der Waals surface area contributed by atoms with Crippen molar-refractivity contribution in [3.8, 4) is 0 Å². The van der Waals surface area contributed by atoms with E-state index in [1.807, 2.05) is 0 Å². The topological polar surface area (TPSA) is 27.7 Å². The van der Waals surface area contributed by atoms with E-state index in [0.717, 1.165) is 45.1 Å². The minimum atomic E-state index is -2.60. The summed E-state index contributed by atoms with van der Waals surface area (Å²) in [5.74, 6) is 0. The van der Waals surface area contributed by atoms with Gasteiger partial charge in [-0.3, -0.25) is 0 Å². The molecule has 0 unspecified atom stereocenters. The lowest BCUT2D eigenvalue weighted by Crippen LogP contribution is -2.46. The van der Waals surface area contributed by atoms with Gasteiger partial charge in [-0.05, 0) is 19.3 Å². The standard InChI is InChI=1S/C56H116O3Si/c1-5-9-12-15-18-21-24-27-30-33-36-39-42-45-48-51-54-57-60(8-4,58-55-52-49-46-43-40-37-34-31-28-25-22-19-16-13-10-6-2)59-56-53-50-47-44-41-38-35-32-29-26-23-20-17-14-11-7-3/h5-56H2,1-4H3. The zero-order valence-corrected chi connectivity index (χ0v) is 43.5. The summed E-state index contributed by atoms with van der Waals surface area (Å²) in [5.41, 5.74) is 0. The summed E-state index contributed by atoms with van der Waals surface area (Å²) >= 11 is 0. The van der Waals surface area contributed by atoms with Gasteiger partial charge in [-0.1, -0.05) is 317 Å². The molecule has 0 spiro atoms. The Morgan fingerprint density at radius 2 is 0.317 bits per heavy atom. The number of hydrogen-bond donors (Lipinski definition) is 0. The van der Waals surface area contributed by atoms with Crippen LogP contribution >= 0.6 is 0 Å². The molecule has 0 N–H and O–H groups in total. The van der Waals surface area contributed by atoms with E-state index in [4.69, 9.17) is 13.3 Å². The molecule has 0 rings (SSSR count). The fraction of sp³-hybridized carbons (Fsp3) is 1.00. The first-order valence-corrected chi connectivity index (χ1v) is 30.6. The van der Waals surface area contributed by atoms with E-state index >= 15 is 0 Å². The number of hydrogen-bond acceptors (Lipinski definition) is 3. The van der Waals surface area contributed by atoms with Crippen molar-refractivity contribution < 1.29 is 13.3 Å². The number of unbranched alkanes of at least 4 members (excludes halogenated alkanes) is 45. The largest absolute Gasteiger partial charge is 0.500 e. The first-order chi connectivity index (χ1) is 29.7. The second-order valence-corrected chi connectivity index (χ2v) is 22.4. The van der Waals surface area contributed by atoms with Crippen LogP contribution in [0.3, 0.4) is 0 Å². The summed E-state index contributed by atoms with van der Waals surface area (Å²) in [6, 6.07) is 0.906. The minimum absolute atomic E-state index is 0.816. The summed E-state index contributed by atoms with van der Waals surface area (Å²) in [7, 11) is -2.60. The molecule has 0 saturated heterocycles. The van der Waals surface area contributed by atoms with Gasteiger partial charge in [0.2, 0.25) is 0 Å². The van der Waals surface area contributed by atoms with Crippen LogP contribution in [0.2, 0.25) is 6.04 Å². The predicted molar refractivity (Wildman–Crippen MR) is 273 cm³/mol. The highest BCUT2D eigenvalue weighted by atomic mass is 28.4. The molecular weight excluding hydrogens is 749 g/mol. The number of rotatable bonds is 55. The second-order valence-electron chi connectivity index (χ2n) is 19.5. The summed E-state index contributed by atoms with van der Waals surface area (Å²) in [6.07, 6.45) is 67.3. The van der Waals surface area contributed by atoms with Crippen LogP contribution in [-0.2, 0) is 13.3 Å².